The molecule has 178 valence electrons. The maximum absolute atomic E-state index is 13.9. The highest BCUT2D eigenvalue weighted by atomic mass is 32.2. The van der Waals surface area contributed by atoms with Crippen LogP contribution in [0.25, 0.3) is 0 Å². The number of hydrogen-bond acceptors (Lipinski definition) is 5. The van der Waals surface area contributed by atoms with E-state index in [2.05, 4.69) is 4.72 Å². The molecule has 0 atom stereocenters. The predicted octanol–water partition coefficient (Wildman–Crippen LogP) is 3.63. The molecule has 1 N–H and O–H groups in total. The van der Waals surface area contributed by atoms with Crippen molar-refractivity contribution in [3.63, 3.8) is 0 Å². The van der Waals surface area contributed by atoms with E-state index in [1.54, 1.807) is 43.6 Å². The SMILES string of the molecule is Cc1ccc(S(=O)(=O)Nc2ccccc2F)cc1C(=O)N1CCN(C(=O)OC(C)(C)C)CC1. The standard InChI is InChI=1S/C23H28FN3O5S/c1-16-9-10-17(33(30,31)25-20-8-6-5-7-19(20)24)15-18(16)21(28)26-11-13-27(14-12-26)22(29)32-23(2,3)4/h5-10,15,25H,11-14H2,1-4H3. The summed E-state index contributed by atoms with van der Waals surface area (Å²) in [4.78, 5) is 28.3. The molecule has 0 radical (unpaired) electrons. The summed E-state index contributed by atoms with van der Waals surface area (Å²) in [7, 11) is -4.11. The molecular formula is C23H28FN3O5S. The zero-order valence-corrected chi connectivity index (χ0v) is 19.9. The van der Waals surface area contributed by atoms with Crippen molar-refractivity contribution in [3.05, 3.63) is 59.4 Å². The Balaban J connectivity index is 1.74. The minimum atomic E-state index is -4.11. The van der Waals surface area contributed by atoms with Crippen LogP contribution in [0.4, 0.5) is 14.9 Å². The van der Waals surface area contributed by atoms with E-state index in [0.29, 0.717) is 31.7 Å². The van der Waals surface area contributed by atoms with Gasteiger partial charge in [-0.3, -0.25) is 9.52 Å². The highest BCUT2D eigenvalue weighted by Crippen LogP contribution is 2.22. The van der Waals surface area contributed by atoms with Crippen LogP contribution < -0.4 is 4.72 Å². The Hall–Kier alpha value is -3.14. The van der Waals surface area contributed by atoms with E-state index in [9.17, 15) is 22.4 Å². The van der Waals surface area contributed by atoms with Crippen LogP contribution in [0.15, 0.2) is 47.4 Å². The van der Waals surface area contributed by atoms with E-state index in [4.69, 9.17) is 4.74 Å². The van der Waals surface area contributed by atoms with Gasteiger partial charge >= 0.3 is 6.09 Å². The van der Waals surface area contributed by atoms with Crippen molar-refractivity contribution in [2.24, 2.45) is 0 Å². The average Bonchev–Trinajstić information content (AvgIpc) is 2.74. The lowest BCUT2D eigenvalue weighted by Gasteiger charge is -2.35. The number of hydrogen-bond donors (Lipinski definition) is 1. The Morgan fingerprint density at radius 1 is 1.00 bits per heavy atom. The monoisotopic (exact) mass is 477 g/mol. The van der Waals surface area contributed by atoms with Crippen LogP contribution in [0.1, 0.15) is 36.7 Å². The molecule has 1 saturated heterocycles. The van der Waals surface area contributed by atoms with Crippen LogP contribution in [0.3, 0.4) is 0 Å². The fourth-order valence-electron chi connectivity index (χ4n) is 3.34. The largest absolute Gasteiger partial charge is 0.444 e. The summed E-state index contributed by atoms with van der Waals surface area (Å²) >= 11 is 0. The van der Waals surface area contributed by atoms with Gasteiger partial charge in [-0.05, 0) is 57.5 Å². The highest BCUT2D eigenvalue weighted by molar-refractivity contribution is 7.92. The number of carbonyl (C=O) groups excluding carboxylic acids is 2. The third-order valence-electron chi connectivity index (χ3n) is 5.09. The number of carbonyl (C=O) groups is 2. The molecule has 1 heterocycles. The number of rotatable bonds is 4. The lowest BCUT2D eigenvalue weighted by molar-refractivity contribution is 0.0140. The molecule has 33 heavy (non-hydrogen) atoms. The topological polar surface area (TPSA) is 96.0 Å². The first-order valence-corrected chi connectivity index (χ1v) is 12.0. The predicted molar refractivity (Wildman–Crippen MR) is 122 cm³/mol. The number of ether oxygens (including phenoxy) is 1. The van der Waals surface area contributed by atoms with Gasteiger partial charge in [-0.2, -0.15) is 0 Å². The number of sulfonamides is 1. The Bertz CT molecular complexity index is 1150. The maximum Gasteiger partial charge on any atom is 0.410 e. The van der Waals surface area contributed by atoms with Crippen LogP contribution in [0, 0.1) is 12.7 Å². The summed E-state index contributed by atoms with van der Waals surface area (Å²) in [6.07, 6.45) is -0.432. The number of anilines is 1. The van der Waals surface area contributed by atoms with Crippen molar-refractivity contribution in [1.29, 1.82) is 0 Å². The molecule has 0 saturated carbocycles. The molecule has 0 bridgehead atoms. The zero-order valence-electron chi connectivity index (χ0n) is 19.1. The van der Waals surface area contributed by atoms with Gasteiger partial charge in [-0.25, -0.2) is 17.6 Å². The number of para-hydroxylation sites is 1. The number of amides is 2. The molecule has 1 aliphatic rings. The van der Waals surface area contributed by atoms with Gasteiger partial charge < -0.3 is 14.5 Å². The molecule has 1 aliphatic heterocycles. The molecule has 3 rings (SSSR count). The zero-order chi connectivity index (χ0) is 24.4. The third kappa shape index (κ3) is 6.01. The summed E-state index contributed by atoms with van der Waals surface area (Å²) < 4.78 is 47.1. The minimum absolute atomic E-state index is 0.146. The van der Waals surface area contributed by atoms with Gasteiger partial charge in [-0.1, -0.05) is 18.2 Å². The first-order valence-electron chi connectivity index (χ1n) is 10.5. The van der Waals surface area contributed by atoms with E-state index in [1.807, 2.05) is 0 Å². The minimum Gasteiger partial charge on any atom is -0.444 e. The lowest BCUT2D eigenvalue weighted by atomic mass is 10.1. The number of piperazine rings is 1. The van der Waals surface area contributed by atoms with Gasteiger partial charge in [0, 0.05) is 31.7 Å². The molecule has 0 aromatic heterocycles. The molecule has 2 aromatic carbocycles. The molecule has 8 nitrogen and oxygen atoms in total. The Kier molecular flexibility index (Phi) is 6.97. The van der Waals surface area contributed by atoms with E-state index < -0.39 is 27.5 Å². The first-order chi connectivity index (χ1) is 15.4. The Labute approximate surface area is 193 Å². The van der Waals surface area contributed by atoms with E-state index in [1.165, 1.54) is 30.3 Å². The maximum atomic E-state index is 13.9. The number of nitrogens with zero attached hydrogens (tertiary/aromatic N) is 2. The van der Waals surface area contributed by atoms with Crippen LogP contribution in [-0.4, -0.2) is 62.0 Å². The second kappa shape index (κ2) is 9.38. The quantitative estimate of drug-likeness (QED) is 0.726. The van der Waals surface area contributed by atoms with Crippen LogP contribution in [0.2, 0.25) is 0 Å². The summed E-state index contributed by atoms with van der Waals surface area (Å²) in [5.74, 6) is -1.04. The van der Waals surface area contributed by atoms with Gasteiger partial charge in [-0.15, -0.1) is 0 Å². The van der Waals surface area contributed by atoms with Crippen molar-refractivity contribution in [3.8, 4) is 0 Å². The van der Waals surface area contributed by atoms with Crippen molar-refractivity contribution < 1.29 is 27.1 Å². The molecule has 10 heteroatoms. The van der Waals surface area contributed by atoms with Gasteiger partial charge in [0.15, 0.2) is 0 Å². The van der Waals surface area contributed by atoms with Crippen LogP contribution >= 0.6 is 0 Å². The third-order valence-corrected chi connectivity index (χ3v) is 6.45. The Morgan fingerprint density at radius 2 is 1.61 bits per heavy atom. The number of aryl methyl sites for hydroxylation is 1. The molecule has 2 amide bonds. The highest BCUT2D eigenvalue weighted by Gasteiger charge is 2.29. The second-order valence-corrected chi connectivity index (χ2v) is 10.5. The fourth-order valence-corrected chi connectivity index (χ4v) is 4.43. The van der Waals surface area contributed by atoms with Crippen molar-refractivity contribution in [2.45, 2.75) is 38.2 Å². The smallest absolute Gasteiger partial charge is 0.410 e. The van der Waals surface area contributed by atoms with E-state index in [0.717, 1.165) is 6.07 Å². The molecule has 0 aliphatic carbocycles. The van der Waals surface area contributed by atoms with E-state index >= 15 is 0 Å². The summed E-state index contributed by atoms with van der Waals surface area (Å²) in [5, 5.41) is 0. The van der Waals surface area contributed by atoms with Crippen LogP contribution in [-0.2, 0) is 14.8 Å². The average molecular weight is 478 g/mol. The lowest BCUT2D eigenvalue weighted by Crippen LogP contribution is -2.51. The molecule has 0 unspecified atom stereocenters. The second-order valence-electron chi connectivity index (χ2n) is 8.82. The van der Waals surface area contributed by atoms with Crippen molar-refractivity contribution in [1.82, 2.24) is 9.80 Å². The summed E-state index contributed by atoms with van der Waals surface area (Å²) in [5.41, 5.74) is 0.0600. The van der Waals surface area contributed by atoms with Crippen molar-refractivity contribution in [2.75, 3.05) is 30.9 Å². The first kappa shape index (κ1) is 24.5. The van der Waals surface area contributed by atoms with Gasteiger partial charge in [0.1, 0.15) is 11.4 Å². The molecule has 0 spiro atoms. The molecule has 2 aromatic rings. The van der Waals surface area contributed by atoms with Gasteiger partial charge in [0.25, 0.3) is 15.9 Å². The van der Waals surface area contributed by atoms with Crippen molar-refractivity contribution >= 4 is 27.7 Å². The van der Waals surface area contributed by atoms with Gasteiger partial charge in [0.2, 0.25) is 0 Å². The number of halogens is 1. The number of benzene rings is 2. The normalized spacial score (nSPS) is 14.7. The molecular weight excluding hydrogens is 449 g/mol. The van der Waals surface area contributed by atoms with E-state index in [-0.39, 0.29) is 22.1 Å². The fraction of sp³-hybridized carbons (Fsp3) is 0.391. The summed E-state index contributed by atoms with van der Waals surface area (Å²) in [6, 6.07) is 9.65. The van der Waals surface area contributed by atoms with Gasteiger partial charge in [0.05, 0.1) is 10.6 Å². The van der Waals surface area contributed by atoms with Crippen LogP contribution in [0.5, 0.6) is 0 Å². The summed E-state index contributed by atoms with van der Waals surface area (Å²) in [6.45, 7) is 8.29. The number of nitrogens with one attached hydrogen (secondary N) is 1. The Morgan fingerprint density at radius 3 is 2.21 bits per heavy atom. The molecule has 1 fully saturated rings.